The average Bonchev–Trinajstić information content (AvgIpc) is 3.64. The van der Waals surface area contributed by atoms with Gasteiger partial charge in [0.1, 0.15) is 0 Å². The van der Waals surface area contributed by atoms with Crippen molar-refractivity contribution in [3.05, 3.63) is 96.0 Å². The van der Waals surface area contributed by atoms with Crippen LogP contribution < -0.4 is 5.32 Å². The molecule has 0 bridgehead atoms. The van der Waals surface area contributed by atoms with Gasteiger partial charge in [-0.2, -0.15) is 0 Å². The number of aryl methyl sites for hydroxylation is 1. The van der Waals surface area contributed by atoms with Crippen LogP contribution in [0.5, 0.6) is 0 Å². The molecule has 0 amide bonds. The lowest BCUT2D eigenvalue weighted by Gasteiger charge is -2.21. The second-order valence-corrected chi connectivity index (χ2v) is 9.08. The Hall–Kier alpha value is -3.46. The second-order valence-electron chi connectivity index (χ2n) is 9.08. The van der Waals surface area contributed by atoms with E-state index in [0.29, 0.717) is 5.92 Å². The quantitative estimate of drug-likeness (QED) is 0.348. The van der Waals surface area contributed by atoms with Gasteiger partial charge in [0.15, 0.2) is 0 Å². The highest BCUT2D eigenvalue weighted by molar-refractivity contribution is 5.89. The van der Waals surface area contributed by atoms with Crippen LogP contribution in [-0.4, -0.2) is 9.97 Å². The average molecular weight is 420 g/mol. The highest BCUT2D eigenvalue weighted by Gasteiger charge is 2.25. The molecule has 4 aromatic rings. The molecule has 1 unspecified atom stereocenters. The van der Waals surface area contributed by atoms with Crippen LogP contribution in [0.2, 0.25) is 0 Å². The zero-order chi connectivity index (χ0) is 22.2. The maximum Gasteiger partial charge on any atom is 0.0709 e. The molecule has 5 rings (SSSR count). The first kappa shape index (κ1) is 20.4. The summed E-state index contributed by atoms with van der Waals surface area (Å²) >= 11 is 0. The summed E-state index contributed by atoms with van der Waals surface area (Å²) in [7, 11) is 0. The molecule has 0 aliphatic heterocycles. The molecule has 1 saturated carbocycles. The first-order valence-corrected chi connectivity index (χ1v) is 11.4. The van der Waals surface area contributed by atoms with E-state index in [0.717, 1.165) is 28.1 Å². The molecule has 2 heterocycles. The molecule has 1 aliphatic carbocycles. The predicted octanol–water partition coefficient (Wildman–Crippen LogP) is 7.69. The summed E-state index contributed by atoms with van der Waals surface area (Å²) in [5.41, 5.74) is 9.18. The molecule has 1 fully saturated rings. The summed E-state index contributed by atoms with van der Waals surface area (Å²) in [5.74, 6) is 0.631. The number of allylic oxidation sites excluding steroid dienone is 1. The summed E-state index contributed by atoms with van der Waals surface area (Å²) in [6.45, 7) is 10.6. The molecule has 2 aromatic heterocycles. The summed E-state index contributed by atoms with van der Waals surface area (Å²) in [6, 6.07) is 19.5. The van der Waals surface area contributed by atoms with Crippen LogP contribution in [0.4, 0.5) is 5.69 Å². The van der Waals surface area contributed by atoms with Crippen molar-refractivity contribution in [3.8, 4) is 11.3 Å². The van der Waals surface area contributed by atoms with Gasteiger partial charge in [0.2, 0.25) is 0 Å². The molecule has 2 aromatic carbocycles. The number of pyridine rings is 2. The van der Waals surface area contributed by atoms with Crippen LogP contribution in [-0.2, 0) is 0 Å². The van der Waals surface area contributed by atoms with Crippen LogP contribution >= 0.6 is 0 Å². The van der Waals surface area contributed by atoms with E-state index in [9.17, 15) is 0 Å². The number of benzene rings is 2. The Kier molecular flexibility index (Phi) is 5.26. The molecule has 160 valence electrons. The highest BCUT2D eigenvalue weighted by atomic mass is 14.9. The minimum Gasteiger partial charge on any atom is -0.378 e. The molecule has 32 heavy (non-hydrogen) atoms. The van der Waals surface area contributed by atoms with Crippen molar-refractivity contribution < 1.29 is 0 Å². The third kappa shape index (κ3) is 4.03. The van der Waals surface area contributed by atoms with Crippen LogP contribution in [0, 0.1) is 6.92 Å². The minimum atomic E-state index is 0.132. The standard InChI is InChI=1S/C29H29N3/c1-18(2)24-7-5-6-8-27(24)32-20(4)25-14-19(3)13-23-17-31-29(16-26(23)25)22-11-12-30-28(15-22)21-9-10-21/h5-8,11-17,20-21,32H,1,9-10H2,2-4H3. The van der Waals surface area contributed by atoms with Crippen LogP contribution in [0.15, 0.2) is 73.6 Å². The van der Waals surface area contributed by atoms with Gasteiger partial charge in [0.05, 0.1) is 5.69 Å². The van der Waals surface area contributed by atoms with E-state index in [1.807, 2.05) is 12.4 Å². The molecule has 0 saturated heterocycles. The van der Waals surface area contributed by atoms with Gasteiger partial charge < -0.3 is 5.32 Å². The SMILES string of the molecule is C=C(C)c1ccccc1NC(C)c1cc(C)cc2cnc(-c3ccnc(C4CC4)c3)cc12. The Bertz CT molecular complexity index is 1320. The van der Waals surface area contributed by atoms with Crippen molar-refractivity contribution >= 4 is 22.0 Å². The summed E-state index contributed by atoms with van der Waals surface area (Å²) in [6.07, 6.45) is 6.43. The van der Waals surface area contributed by atoms with Gasteiger partial charge >= 0.3 is 0 Å². The lowest BCUT2D eigenvalue weighted by molar-refractivity contribution is 0.892. The topological polar surface area (TPSA) is 37.8 Å². The lowest BCUT2D eigenvalue weighted by atomic mass is 9.96. The third-order valence-electron chi connectivity index (χ3n) is 6.31. The van der Waals surface area contributed by atoms with E-state index in [1.54, 1.807) is 0 Å². The molecule has 1 aliphatic rings. The first-order chi connectivity index (χ1) is 15.5. The highest BCUT2D eigenvalue weighted by Crippen LogP contribution is 2.40. The molecular weight excluding hydrogens is 390 g/mol. The number of rotatable bonds is 6. The first-order valence-electron chi connectivity index (χ1n) is 11.4. The largest absolute Gasteiger partial charge is 0.378 e. The third-order valence-corrected chi connectivity index (χ3v) is 6.31. The van der Waals surface area contributed by atoms with Crippen molar-refractivity contribution in [3.63, 3.8) is 0 Å². The van der Waals surface area contributed by atoms with Gasteiger partial charge in [-0.05, 0) is 86.0 Å². The lowest BCUT2D eigenvalue weighted by Crippen LogP contribution is -2.09. The number of fused-ring (bicyclic) bond motifs is 1. The number of para-hydroxylation sites is 1. The van der Waals surface area contributed by atoms with Crippen LogP contribution in [0.25, 0.3) is 27.6 Å². The molecule has 0 radical (unpaired) electrons. The maximum atomic E-state index is 4.80. The van der Waals surface area contributed by atoms with E-state index in [2.05, 4.69) is 92.2 Å². The summed E-state index contributed by atoms with van der Waals surface area (Å²) in [5, 5.41) is 6.13. The molecule has 3 nitrogen and oxygen atoms in total. The van der Waals surface area contributed by atoms with E-state index < -0.39 is 0 Å². The predicted molar refractivity (Wildman–Crippen MR) is 135 cm³/mol. The fraction of sp³-hybridized carbons (Fsp3) is 0.241. The van der Waals surface area contributed by atoms with Crippen molar-refractivity contribution in [2.24, 2.45) is 0 Å². The Morgan fingerprint density at radius 1 is 1.06 bits per heavy atom. The summed E-state index contributed by atoms with van der Waals surface area (Å²) in [4.78, 5) is 9.37. The molecule has 1 N–H and O–H groups in total. The number of hydrogen-bond donors (Lipinski definition) is 1. The normalized spacial score (nSPS) is 14.3. The minimum absolute atomic E-state index is 0.132. The summed E-state index contributed by atoms with van der Waals surface area (Å²) < 4.78 is 0. The Balaban J connectivity index is 1.56. The van der Waals surface area contributed by atoms with Gasteiger partial charge in [-0.1, -0.05) is 36.4 Å². The number of anilines is 1. The molecule has 0 spiro atoms. The number of aromatic nitrogens is 2. The van der Waals surface area contributed by atoms with E-state index in [4.69, 9.17) is 4.98 Å². The van der Waals surface area contributed by atoms with E-state index in [1.165, 1.54) is 40.4 Å². The molecule has 1 atom stereocenters. The number of nitrogens with zero attached hydrogens (tertiary/aromatic N) is 2. The van der Waals surface area contributed by atoms with Gasteiger partial charge in [0.25, 0.3) is 0 Å². The van der Waals surface area contributed by atoms with Crippen molar-refractivity contribution in [1.29, 1.82) is 0 Å². The maximum absolute atomic E-state index is 4.80. The fourth-order valence-corrected chi connectivity index (χ4v) is 4.46. The van der Waals surface area contributed by atoms with Crippen molar-refractivity contribution in [1.82, 2.24) is 9.97 Å². The van der Waals surface area contributed by atoms with Crippen LogP contribution in [0.1, 0.15) is 61.0 Å². The Morgan fingerprint density at radius 2 is 1.88 bits per heavy atom. The van der Waals surface area contributed by atoms with Gasteiger partial charge in [-0.25, -0.2) is 0 Å². The van der Waals surface area contributed by atoms with Gasteiger partial charge in [-0.3, -0.25) is 9.97 Å². The van der Waals surface area contributed by atoms with Gasteiger partial charge in [-0.15, -0.1) is 0 Å². The Labute approximate surface area is 190 Å². The Morgan fingerprint density at radius 3 is 2.66 bits per heavy atom. The second kappa shape index (κ2) is 8.23. The monoisotopic (exact) mass is 419 g/mol. The van der Waals surface area contributed by atoms with Crippen molar-refractivity contribution in [2.45, 2.75) is 45.6 Å². The zero-order valence-electron chi connectivity index (χ0n) is 19.0. The fourth-order valence-electron chi connectivity index (χ4n) is 4.46. The number of nitrogens with one attached hydrogen (secondary N) is 1. The van der Waals surface area contributed by atoms with Gasteiger partial charge in [0, 0.05) is 46.7 Å². The van der Waals surface area contributed by atoms with E-state index in [-0.39, 0.29) is 6.04 Å². The molecule has 3 heteroatoms. The van der Waals surface area contributed by atoms with Crippen molar-refractivity contribution in [2.75, 3.05) is 5.32 Å². The smallest absolute Gasteiger partial charge is 0.0709 e. The number of hydrogen-bond acceptors (Lipinski definition) is 3. The van der Waals surface area contributed by atoms with Crippen LogP contribution in [0.3, 0.4) is 0 Å². The van der Waals surface area contributed by atoms with E-state index >= 15 is 0 Å². The molecular formula is C29H29N3. The zero-order valence-corrected chi connectivity index (χ0v) is 19.0.